The minimum absolute atomic E-state index is 0.0796. The summed E-state index contributed by atoms with van der Waals surface area (Å²) in [5.74, 6) is -0.977. The van der Waals surface area contributed by atoms with Gasteiger partial charge >= 0.3 is 5.97 Å². The molecule has 2 nitrogen and oxygen atoms in total. The summed E-state index contributed by atoms with van der Waals surface area (Å²) in [6, 6.07) is 14.2. The molecule has 0 aromatic heterocycles. The van der Waals surface area contributed by atoms with Crippen LogP contribution in [0.3, 0.4) is 0 Å². The molecule has 0 amide bonds. The van der Waals surface area contributed by atoms with Crippen LogP contribution in [-0.4, -0.2) is 16.8 Å². The van der Waals surface area contributed by atoms with E-state index in [1.807, 2.05) is 31.2 Å². The molecule has 20 heavy (non-hydrogen) atoms. The second kappa shape index (κ2) is 6.57. The maximum absolute atomic E-state index is 13.7. The molecule has 0 aliphatic carbocycles. The standard InChI is InChI=1S/C16H15FO2S/c1-11(20-10-16(18)19)12-6-8-13(9-7-12)14-4-2-3-5-15(14)17/h2-9,11H,10H2,1H3,(H,18,19). The van der Waals surface area contributed by atoms with Gasteiger partial charge in [0.1, 0.15) is 5.82 Å². The van der Waals surface area contributed by atoms with Crippen LogP contribution >= 0.6 is 11.8 Å². The normalized spacial score (nSPS) is 12.1. The Bertz CT molecular complexity index is 596. The lowest BCUT2D eigenvalue weighted by molar-refractivity contribution is -0.133. The first-order valence-corrected chi connectivity index (χ1v) is 7.31. The molecule has 1 unspecified atom stereocenters. The van der Waals surface area contributed by atoms with Gasteiger partial charge in [-0.05, 0) is 24.1 Å². The maximum Gasteiger partial charge on any atom is 0.313 e. The highest BCUT2D eigenvalue weighted by atomic mass is 32.2. The monoisotopic (exact) mass is 290 g/mol. The number of carbonyl (C=O) groups is 1. The quantitative estimate of drug-likeness (QED) is 0.888. The lowest BCUT2D eigenvalue weighted by Crippen LogP contribution is -2.00. The van der Waals surface area contributed by atoms with Crippen molar-refractivity contribution in [2.75, 3.05) is 5.75 Å². The van der Waals surface area contributed by atoms with Crippen molar-refractivity contribution in [2.45, 2.75) is 12.2 Å². The molecule has 0 saturated carbocycles. The Balaban J connectivity index is 2.14. The molecule has 0 aliphatic rings. The first-order valence-electron chi connectivity index (χ1n) is 6.26. The Morgan fingerprint density at radius 3 is 2.45 bits per heavy atom. The van der Waals surface area contributed by atoms with E-state index in [0.29, 0.717) is 5.56 Å². The molecule has 2 rings (SSSR count). The molecule has 2 aromatic carbocycles. The van der Waals surface area contributed by atoms with Gasteiger partial charge < -0.3 is 5.11 Å². The molecule has 0 heterocycles. The Labute approximate surface area is 121 Å². The van der Waals surface area contributed by atoms with Gasteiger partial charge in [-0.1, -0.05) is 42.5 Å². The molecular weight excluding hydrogens is 275 g/mol. The van der Waals surface area contributed by atoms with Gasteiger partial charge in [-0.2, -0.15) is 0 Å². The van der Waals surface area contributed by atoms with Gasteiger partial charge in [0.05, 0.1) is 5.75 Å². The summed E-state index contributed by atoms with van der Waals surface area (Å²) >= 11 is 1.37. The Morgan fingerprint density at radius 1 is 1.20 bits per heavy atom. The van der Waals surface area contributed by atoms with Gasteiger partial charge in [0.15, 0.2) is 0 Å². The fraction of sp³-hybridized carbons (Fsp3) is 0.188. The number of carboxylic acids is 1. The Morgan fingerprint density at radius 2 is 1.85 bits per heavy atom. The average Bonchev–Trinajstić information content (AvgIpc) is 2.45. The van der Waals surface area contributed by atoms with Crippen LogP contribution in [0.25, 0.3) is 11.1 Å². The fourth-order valence-corrected chi connectivity index (χ4v) is 2.66. The van der Waals surface area contributed by atoms with Gasteiger partial charge in [-0.25, -0.2) is 4.39 Å². The number of carboxylic acid groups (broad SMARTS) is 1. The summed E-state index contributed by atoms with van der Waals surface area (Å²) in [5, 5.41) is 8.77. The van der Waals surface area contributed by atoms with E-state index >= 15 is 0 Å². The van der Waals surface area contributed by atoms with Crippen LogP contribution in [0, 0.1) is 5.82 Å². The summed E-state index contributed by atoms with van der Waals surface area (Å²) in [6.45, 7) is 1.96. The molecule has 0 saturated heterocycles. The number of benzene rings is 2. The maximum atomic E-state index is 13.7. The molecule has 0 aliphatic heterocycles. The molecule has 0 spiro atoms. The number of halogens is 1. The van der Waals surface area contributed by atoms with Crippen molar-refractivity contribution in [3.05, 3.63) is 59.9 Å². The minimum Gasteiger partial charge on any atom is -0.481 e. The largest absolute Gasteiger partial charge is 0.481 e. The van der Waals surface area contributed by atoms with E-state index in [9.17, 15) is 9.18 Å². The molecule has 4 heteroatoms. The van der Waals surface area contributed by atoms with Crippen molar-refractivity contribution in [2.24, 2.45) is 0 Å². The van der Waals surface area contributed by atoms with Crippen LogP contribution in [0.4, 0.5) is 4.39 Å². The molecular formula is C16H15FO2S. The van der Waals surface area contributed by atoms with Gasteiger partial charge in [-0.3, -0.25) is 4.79 Å². The molecule has 0 fully saturated rings. The number of thioether (sulfide) groups is 1. The first-order chi connectivity index (χ1) is 9.58. The highest BCUT2D eigenvalue weighted by molar-refractivity contribution is 8.00. The van der Waals surface area contributed by atoms with E-state index < -0.39 is 5.97 Å². The first kappa shape index (κ1) is 14.6. The van der Waals surface area contributed by atoms with Crippen LogP contribution in [0.1, 0.15) is 17.7 Å². The van der Waals surface area contributed by atoms with Crippen molar-refractivity contribution < 1.29 is 14.3 Å². The van der Waals surface area contributed by atoms with E-state index in [-0.39, 0.29) is 16.8 Å². The van der Waals surface area contributed by atoms with E-state index in [2.05, 4.69) is 0 Å². The smallest absolute Gasteiger partial charge is 0.313 e. The summed E-state index contributed by atoms with van der Waals surface area (Å²) in [6.07, 6.45) is 0. The molecule has 104 valence electrons. The van der Waals surface area contributed by atoms with Crippen molar-refractivity contribution in [3.8, 4) is 11.1 Å². The highest BCUT2D eigenvalue weighted by Crippen LogP contribution is 2.30. The topological polar surface area (TPSA) is 37.3 Å². The predicted molar refractivity (Wildman–Crippen MR) is 80.3 cm³/mol. The Hall–Kier alpha value is -1.81. The minimum atomic E-state index is -0.815. The van der Waals surface area contributed by atoms with Crippen molar-refractivity contribution in [1.29, 1.82) is 0 Å². The van der Waals surface area contributed by atoms with Crippen LogP contribution in [-0.2, 0) is 4.79 Å². The zero-order valence-electron chi connectivity index (χ0n) is 11.0. The van der Waals surface area contributed by atoms with Crippen LogP contribution in [0.5, 0.6) is 0 Å². The van der Waals surface area contributed by atoms with E-state index in [1.54, 1.807) is 18.2 Å². The summed E-state index contributed by atoms with van der Waals surface area (Å²) in [7, 11) is 0. The summed E-state index contributed by atoms with van der Waals surface area (Å²) < 4.78 is 13.7. The van der Waals surface area contributed by atoms with Crippen LogP contribution < -0.4 is 0 Å². The van der Waals surface area contributed by atoms with Crippen LogP contribution in [0.15, 0.2) is 48.5 Å². The van der Waals surface area contributed by atoms with Gasteiger partial charge in [0, 0.05) is 10.8 Å². The lowest BCUT2D eigenvalue weighted by atomic mass is 10.0. The molecule has 1 N–H and O–H groups in total. The third-order valence-electron chi connectivity index (χ3n) is 3.02. The SMILES string of the molecule is CC(SCC(=O)O)c1ccc(-c2ccccc2F)cc1. The van der Waals surface area contributed by atoms with Crippen molar-refractivity contribution in [1.82, 2.24) is 0 Å². The zero-order valence-corrected chi connectivity index (χ0v) is 11.9. The number of aliphatic carboxylic acids is 1. The van der Waals surface area contributed by atoms with Crippen LogP contribution in [0.2, 0.25) is 0 Å². The van der Waals surface area contributed by atoms with Gasteiger partial charge in [0.25, 0.3) is 0 Å². The number of hydrogen-bond acceptors (Lipinski definition) is 2. The molecule has 0 radical (unpaired) electrons. The van der Waals surface area contributed by atoms with E-state index in [4.69, 9.17) is 5.11 Å². The zero-order chi connectivity index (χ0) is 14.5. The highest BCUT2D eigenvalue weighted by Gasteiger charge is 2.09. The molecule has 0 bridgehead atoms. The average molecular weight is 290 g/mol. The van der Waals surface area contributed by atoms with E-state index in [1.165, 1.54) is 17.8 Å². The second-order valence-corrected chi connectivity index (χ2v) is 5.78. The second-order valence-electron chi connectivity index (χ2n) is 4.45. The lowest BCUT2D eigenvalue weighted by Gasteiger charge is -2.11. The van der Waals surface area contributed by atoms with Crippen molar-refractivity contribution in [3.63, 3.8) is 0 Å². The summed E-state index contributed by atoms with van der Waals surface area (Å²) in [5.41, 5.74) is 2.43. The third-order valence-corrected chi connectivity index (χ3v) is 4.21. The summed E-state index contributed by atoms with van der Waals surface area (Å²) in [4.78, 5) is 10.5. The van der Waals surface area contributed by atoms with E-state index in [0.717, 1.165) is 11.1 Å². The fourth-order valence-electron chi connectivity index (χ4n) is 1.92. The predicted octanol–water partition coefficient (Wildman–Crippen LogP) is 4.37. The number of rotatable bonds is 5. The third kappa shape index (κ3) is 3.61. The molecule has 2 aromatic rings. The molecule has 1 atom stereocenters. The Kier molecular flexibility index (Phi) is 4.79. The van der Waals surface area contributed by atoms with Gasteiger partial charge in [0.2, 0.25) is 0 Å². The van der Waals surface area contributed by atoms with Gasteiger partial charge in [-0.15, -0.1) is 11.8 Å². The number of hydrogen-bond donors (Lipinski definition) is 1. The van der Waals surface area contributed by atoms with Crippen molar-refractivity contribution >= 4 is 17.7 Å².